The van der Waals surface area contributed by atoms with Crippen molar-refractivity contribution in [3.63, 3.8) is 0 Å². The summed E-state index contributed by atoms with van der Waals surface area (Å²) in [6.45, 7) is 20.3. The average molecular weight is 643 g/mol. The van der Waals surface area contributed by atoms with E-state index in [1.165, 1.54) is 22.4 Å². The molecule has 48 heavy (non-hydrogen) atoms. The molecule has 0 amide bonds. The zero-order chi connectivity index (χ0) is 34.8. The third kappa shape index (κ3) is 12.1. The van der Waals surface area contributed by atoms with Crippen molar-refractivity contribution in [1.29, 1.82) is 0 Å². The molecule has 0 atom stereocenters. The van der Waals surface area contributed by atoms with Gasteiger partial charge in [0, 0.05) is 37.2 Å². The maximum atomic E-state index is 4.29. The average Bonchev–Trinajstić information content (AvgIpc) is 3.81. The quantitative estimate of drug-likeness (QED) is 0.182. The summed E-state index contributed by atoms with van der Waals surface area (Å²) in [7, 11) is 0. The van der Waals surface area contributed by atoms with Crippen molar-refractivity contribution in [3.8, 4) is 17.1 Å². The molecule has 3 aromatic heterocycles. The number of aromatic nitrogens is 6. The molecule has 0 N–H and O–H groups in total. The largest absolute Gasteiger partial charge is 0.241 e. The summed E-state index contributed by atoms with van der Waals surface area (Å²) in [5, 5.41) is 12.7. The Morgan fingerprint density at radius 2 is 0.938 bits per heavy atom. The first kappa shape index (κ1) is 36.1. The summed E-state index contributed by atoms with van der Waals surface area (Å²) >= 11 is 0. The second-order valence-electron chi connectivity index (χ2n) is 16.0. The van der Waals surface area contributed by atoms with Gasteiger partial charge in [-0.05, 0) is 101 Å². The molecule has 6 aromatic rings. The lowest BCUT2D eigenvalue weighted by atomic mass is 9.87. The fourth-order valence-electron chi connectivity index (χ4n) is 5.51. The van der Waals surface area contributed by atoms with Crippen LogP contribution in [-0.4, -0.2) is 29.3 Å². The monoisotopic (exact) mass is 642 g/mol. The Bertz CT molecular complexity index is 1760. The van der Waals surface area contributed by atoms with E-state index in [0.717, 1.165) is 30.6 Å². The lowest BCUT2D eigenvalue weighted by Gasteiger charge is -2.20. The summed E-state index contributed by atoms with van der Waals surface area (Å²) < 4.78 is 5.70. The molecule has 0 aliphatic heterocycles. The van der Waals surface area contributed by atoms with Crippen molar-refractivity contribution >= 4 is 0 Å². The first-order chi connectivity index (χ1) is 22.7. The predicted molar refractivity (Wildman–Crippen MR) is 200 cm³/mol. The Balaban J connectivity index is 0.000000163. The van der Waals surface area contributed by atoms with Crippen LogP contribution in [0.15, 0.2) is 128 Å². The van der Waals surface area contributed by atoms with E-state index in [0.29, 0.717) is 16.2 Å². The van der Waals surface area contributed by atoms with E-state index < -0.39 is 0 Å². The SMILES string of the molecule is CC(C)(C)Cc1ccc(-n2cccn2)cc1.CC(C)(C)Cc1cccc(-n2cccn2)c1.CC(C)(C)Cc1ccccc1-n1cccn1. The topological polar surface area (TPSA) is 53.5 Å². The van der Waals surface area contributed by atoms with Crippen molar-refractivity contribution in [2.45, 2.75) is 81.6 Å². The third-order valence-corrected chi connectivity index (χ3v) is 7.32. The zero-order valence-corrected chi connectivity index (χ0v) is 30.4. The van der Waals surface area contributed by atoms with Gasteiger partial charge in [0.25, 0.3) is 0 Å². The second-order valence-corrected chi connectivity index (χ2v) is 16.0. The van der Waals surface area contributed by atoms with Crippen molar-refractivity contribution < 1.29 is 0 Å². The van der Waals surface area contributed by atoms with Crippen LogP contribution in [0.5, 0.6) is 0 Å². The Hall–Kier alpha value is -4.71. The molecule has 0 aliphatic rings. The summed E-state index contributed by atoms with van der Waals surface area (Å²) in [5.41, 5.74) is 8.47. The first-order valence-corrected chi connectivity index (χ1v) is 16.9. The van der Waals surface area contributed by atoms with Gasteiger partial charge >= 0.3 is 0 Å². The minimum atomic E-state index is 0.295. The Labute approximate surface area is 288 Å². The van der Waals surface area contributed by atoms with Crippen LogP contribution in [0.2, 0.25) is 0 Å². The lowest BCUT2D eigenvalue weighted by Crippen LogP contribution is -2.11. The number of nitrogens with zero attached hydrogens (tertiary/aromatic N) is 6. The van der Waals surface area contributed by atoms with Crippen LogP contribution in [0, 0.1) is 16.2 Å². The van der Waals surface area contributed by atoms with Gasteiger partial charge in [-0.2, -0.15) is 15.3 Å². The molecule has 0 saturated heterocycles. The number of hydrogen-bond donors (Lipinski definition) is 0. The Kier molecular flexibility index (Phi) is 12.0. The molecule has 0 radical (unpaired) electrons. The molecular weight excluding hydrogens is 589 g/mol. The predicted octanol–water partition coefficient (Wildman–Crippen LogP) is 10.4. The summed E-state index contributed by atoms with van der Waals surface area (Å²) in [6.07, 6.45) is 14.6. The van der Waals surface area contributed by atoms with Gasteiger partial charge in [0.15, 0.2) is 0 Å². The van der Waals surface area contributed by atoms with Crippen LogP contribution in [0.1, 0.15) is 79.0 Å². The van der Waals surface area contributed by atoms with Crippen molar-refractivity contribution in [3.05, 3.63) is 145 Å². The van der Waals surface area contributed by atoms with Crippen molar-refractivity contribution in [2.24, 2.45) is 16.2 Å². The highest BCUT2D eigenvalue weighted by Gasteiger charge is 2.15. The van der Waals surface area contributed by atoms with E-state index in [1.807, 2.05) is 57.0 Å². The molecule has 252 valence electrons. The van der Waals surface area contributed by atoms with Crippen LogP contribution in [0.25, 0.3) is 17.1 Å². The number of benzene rings is 3. The first-order valence-electron chi connectivity index (χ1n) is 16.9. The van der Waals surface area contributed by atoms with Gasteiger partial charge in [0.1, 0.15) is 0 Å². The van der Waals surface area contributed by atoms with Gasteiger partial charge in [0.05, 0.1) is 17.1 Å². The standard InChI is InChI=1S/3C14H18N2/c1-14(2,3)11-12-5-7-13(8-6-12)16-10-4-9-15-16;1-14(2,3)11-12-6-4-7-13(10-12)16-9-5-8-15-16;1-14(2,3)11-12-7-4-5-8-13(12)16-10-6-9-15-16/h3*4-10H,11H2,1-3H3. The van der Waals surface area contributed by atoms with Gasteiger partial charge in [-0.3, -0.25) is 0 Å². The highest BCUT2D eigenvalue weighted by atomic mass is 15.3. The molecule has 3 aromatic carbocycles. The molecule has 6 nitrogen and oxygen atoms in total. The molecule has 3 heterocycles. The van der Waals surface area contributed by atoms with Crippen molar-refractivity contribution in [2.75, 3.05) is 0 Å². The molecule has 6 rings (SSSR count). The normalized spacial score (nSPS) is 11.7. The van der Waals surface area contributed by atoms with Crippen LogP contribution < -0.4 is 0 Å². The Morgan fingerprint density at radius 1 is 0.438 bits per heavy atom. The number of para-hydroxylation sites is 1. The van der Waals surface area contributed by atoms with E-state index in [9.17, 15) is 0 Å². The zero-order valence-electron chi connectivity index (χ0n) is 30.4. The summed E-state index contributed by atoms with van der Waals surface area (Å²) in [6, 6.07) is 31.4. The highest BCUT2D eigenvalue weighted by molar-refractivity contribution is 5.41. The maximum Gasteiger partial charge on any atom is 0.0677 e. The van der Waals surface area contributed by atoms with Crippen molar-refractivity contribution in [1.82, 2.24) is 29.3 Å². The van der Waals surface area contributed by atoms with Gasteiger partial charge in [-0.15, -0.1) is 0 Å². The van der Waals surface area contributed by atoms with Gasteiger partial charge < -0.3 is 0 Å². The Morgan fingerprint density at radius 3 is 1.46 bits per heavy atom. The minimum Gasteiger partial charge on any atom is -0.241 e. The molecule has 0 saturated carbocycles. The fourth-order valence-corrected chi connectivity index (χ4v) is 5.51. The van der Waals surface area contributed by atoms with Crippen LogP contribution in [0.4, 0.5) is 0 Å². The lowest BCUT2D eigenvalue weighted by molar-refractivity contribution is 0.410. The molecular formula is C42H54N6. The van der Waals surface area contributed by atoms with Crippen LogP contribution in [0.3, 0.4) is 0 Å². The van der Waals surface area contributed by atoms with Gasteiger partial charge in [0.2, 0.25) is 0 Å². The van der Waals surface area contributed by atoms with E-state index in [2.05, 4.69) is 150 Å². The van der Waals surface area contributed by atoms with E-state index in [4.69, 9.17) is 0 Å². The molecule has 6 heteroatoms. The van der Waals surface area contributed by atoms with Crippen LogP contribution in [-0.2, 0) is 19.3 Å². The van der Waals surface area contributed by atoms with Gasteiger partial charge in [-0.1, -0.05) is 105 Å². The summed E-state index contributed by atoms with van der Waals surface area (Å²) in [5.74, 6) is 0. The summed E-state index contributed by atoms with van der Waals surface area (Å²) in [4.78, 5) is 0. The highest BCUT2D eigenvalue weighted by Crippen LogP contribution is 2.25. The second kappa shape index (κ2) is 15.9. The van der Waals surface area contributed by atoms with E-state index in [1.54, 1.807) is 12.4 Å². The molecule has 0 bridgehead atoms. The van der Waals surface area contributed by atoms with E-state index >= 15 is 0 Å². The fraction of sp³-hybridized carbons (Fsp3) is 0.357. The smallest absolute Gasteiger partial charge is 0.0677 e. The van der Waals surface area contributed by atoms with Gasteiger partial charge in [-0.25, -0.2) is 14.0 Å². The minimum absolute atomic E-state index is 0.295. The maximum absolute atomic E-state index is 4.29. The van der Waals surface area contributed by atoms with E-state index in [-0.39, 0.29) is 0 Å². The molecule has 0 aliphatic carbocycles. The number of rotatable bonds is 6. The molecule has 0 unspecified atom stereocenters. The number of hydrogen-bond acceptors (Lipinski definition) is 3. The third-order valence-electron chi connectivity index (χ3n) is 7.32. The van der Waals surface area contributed by atoms with Crippen LogP contribution >= 0.6 is 0 Å². The molecule has 0 spiro atoms. The molecule has 0 fully saturated rings.